The number of ether oxygens (including phenoxy) is 1. The molecule has 0 saturated carbocycles. The summed E-state index contributed by atoms with van der Waals surface area (Å²) in [7, 11) is 1.70. The summed E-state index contributed by atoms with van der Waals surface area (Å²) in [5.41, 5.74) is 0.978. The van der Waals surface area contributed by atoms with Gasteiger partial charge in [0, 0.05) is 26.7 Å². The maximum Gasteiger partial charge on any atom is 0.335 e. The van der Waals surface area contributed by atoms with Gasteiger partial charge in [0.15, 0.2) is 0 Å². The molecule has 0 bridgehead atoms. The molecular formula is C16H22N2O4. The SMILES string of the molecule is COC1(C)CCN(C(=O)NCc2ccc(C(=O)O)cc2)CC1. The van der Waals surface area contributed by atoms with Gasteiger partial charge >= 0.3 is 12.0 Å². The van der Waals surface area contributed by atoms with Crippen molar-refractivity contribution in [3.8, 4) is 0 Å². The van der Waals surface area contributed by atoms with E-state index in [1.165, 1.54) is 12.1 Å². The predicted octanol–water partition coefficient (Wildman–Crippen LogP) is 2.10. The van der Waals surface area contributed by atoms with E-state index in [0.717, 1.165) is 18.4 Å². The summed E-state index contributed by atoms with van der Waals surface area (Å²) in [6.07, 6.45) is 1.65. The zero-order valence-electron chi connectivity index (χ0n) is 13.0. The van der Waals surface area contributed by atoms with E-state index in [0.29, 0.717) is 19.6 Å². The van der Waals surface area contributed by atoms with Crippen LogP contribution in [0.25, 0.3) is 0 Å². The molecule has 1 saturated heterocycles. The van der Waals surface area contributed by atoms with E-state index < -0.39 is 5.97 Å². The number of carbonyl (C=O) groups is 2. The molecule has 1 aliphatic heterocycles. The van der Waals surface area contributed by atoms with Crippen LogP contribution in [0.15, 0.2) is 24.3 Å². The lowest BCUT2D eigenvalue weighted by Gasteiger charge is -2.38. The number of amides is 2. The number of piperidine rings is 1. The lowest BCUT2D eigenvalue weighted by molar-refractivity contribution is -0.0353. The molecule has 120 valence electrons. The highest BCUT2D eigenvalue weighted by Gasteiger charge is 2.31. The number of carboxylic acid groups (broad SMARTS) is 1. The first-order valence-electron chi connectivity index (χ1n) is 7.34. The molecule has 0 spiro atoms. The van der Waals surface area contributed by atoms with Crippen molar-refractivity contribution in [1.82, 2.24) is 10.2 Å². The summed E-state index contributed by atoms with van der Waals surface area (Å²) >= 11 is 0. The maximum atomic E-state index is 12.1. The minimum Gasteiger partial charge on any atom is -0.478 e. The van der Waals surface area contributed by atoms with Gasteiger partial charge in [-0.05, 0) is 37.5 Å². The van der Waals surface area contributed by atoms with Crippen LogP contribution in [-0.4, -0.2) is 47.8 Å². The molecule has 2 N–H and O–H groups in total. The van der Waals surface area contributed by atoms with Crippen LogP contribution in [0.3, 0.4) is 0 Å². The first kappa shape index (κ1) is 16.3. The van der Waals surface area contributed by atoms with E-state index in [9.17, 15) is 9.59 Å². The van der Waals surface area contributed by atoms with Crippen LogP contribution in [-0.2, 0) is 11.3 Å². The predicted molar refractivity (Wildman–Crippen MR) is 81.9 cm³/mol. The quantitative estimate of drug-likeness (QED) is 0.893. The Hall–Kier alpha value is -2.08. The number of benzene rings is 1. The van der Waals surface area contributed by atoms with Crippen LogP contribution in [0, 0.1) is 0 Å². The Labute approximate surface area is 130 Å². The Bertz CT molecular complexity index is 534. The van der Waals surface area contributed by atoms with Crippen molar-refractivity contribution >= 4 is 12.0 Å². The Kier molecular flexibility index (Phi) is 5.03. The summed E-state index contributed by atoms with van der Waals surface area (Å²) in [6.45, 7) is 3.80. The highest BCUT2D eigenvalue weighted by atomic mass is 16.5. The zero-order valence-corrected chi connectivity index (χ0v) is 13.0. The number of likely N-dealkylation sites (tertiary alicyclic amines) is 1. The number of methoxy groups -OCH3 is 1. The Morgan fingerprint density at radius 3 is 2.36 bits per heavy atom. The summed E-state index contributed by atoms with van der Waals surface area (Å²) in [5, 5.41) is 11.7. The first-order valence-corrected chi connectivity index (χ1v) is 7.34. The van der Waals surface area contributed by atoms with Crippen molar-refractivity contribution < 1.29 is 19.4 Å². The van der Waals surface area contributed by atoms with Crippen LogP contribution in [0.1, 0.15) is 35.7 Å². The van der Waals surface area contributed by atoms with Crippen LogP contribution < -0.4 is 5.32 Å². The second-order valence-electron chi connectivity index (χ2n) is 5.80. The molecule has 22 heavy (non-hydrogen) atoms. The smallest absolute Gasteiger partial charge is 0.335 e. The number of aromatic carboxylic acids is 1. The summed E-state index contributed by atoms with van der Waals surface area (Å²) in [6, 6.07) is 6.40. The Balaban J connectivity index is 1.82. The van der Waals surface area contributed by atoms with Gasteiger partial charge in [-0.15, -0.1) is 0 Å². The van der Waals surface area contributed by atoms with Crippen molar-refractivity contribution in [2.24, 2.45) is 0 Å². The molecule has 1 fully saturated rings. The third-order valence-corrected chi connectivity index (χ3v) is 4.25. The molecule has 1 aromatic carbocycles. The first-order chi connectivity index (χ1) is 10.4. The van der Waals surface area contributed by atoms with Gasteiger partial charge in [-0.2, -0.15) is 0 Å². The molecule has 0 unspecified atom stereocenters. The van der Waals surface area contributed by atoms with Crippen molar-refractivity contribution in [3.05, 3.63) is 35.4 Å². The number of carbonyl (C=O) groups excluding carboxylic acids is 1. The van der Waals surface area contributed by atoms with Gasteiger partial charge in [0.05, 0.1) is 11.2 Å². The highest BCUT2D eigenvalue weighted by molar-refractivity contribution is 5.87. The van der Waals surface area contributed by atoms with E-state index in [1.807, 2.05) is 0 Å². The lowest BCUT2D eigenvalue weighted by Crippen LogP contribution is -2.49. The molecule has 0 atom stereocenters. The molecule has 1 aromatic rings. The molecule has 1 aliphatic rings. The van der Waals surface area contributed by atoms with Gasteiger partial charge in [-0.25, -0.2) is 9.59 Å². The number of nitrogens with one attached hydrogen (secondary N) is 1. The Morgan fingerprint density at radius 1 is 1.27 bits per heavy atom. The molecule has 1 heterocycles. The van der Waals surface area contributed by atoms with E-state index >= 15 is 0 Å². The zero-order chi connectivity index (χ0) is 16.2. The molecule has 0 aliphatic carbocycles. The van der Waals surface area contributed by atoms with Gasteiger partial charge < -0.3 is 20.1 Å². The minimum absolute atomic E-state index is 0.0968. The maximum absolute atomic E-state index is 12.1. The van der Waals surface area contributed by atoms with Gasteiger partial charge in [0.2, 0.25) is 0 Å². The van der Waals surface area contributed by atoms with Crippen molar-refractivity contribution in [2.75, 3.05) is 20.2 Å². The minimum atomic E-state index is -0.954. The van der Waals surface area contributed by atoms with Gasteiger partial charge in [-0.3, -0.25) is 0 Å². The number of urea groups is 1. The van der Waals surface area contributed by atoms with Gasteiger partial charge in [0.1, 0.15) is 0 Å². The number of hydrogen-bond donors (Lipinski definition) is 2. The van der Waals surface area contributed by atoms with Crippen molar-refractivity contribution in [2.45, 2.75) is 31.9 Å². The summed E-state index contributed by atoms with van der Waals surface area (Å²) in [4.78, 5) is 24.7. The van der Waals surface area contributed by atoms with Crippen LogP contribution >= 0.6 is 0 Å². The van der Waals surface area contributed by atoms with Crippen molar-refractivity contribution in [3.63, 3.8) is 0 Å². The lowest BCUT2D eigenvalue weighted by atomic mass is 9.93. The second kappa shape index (κ2) is 6.79. The Morgan fingerprint density at radius 2 is 1.86 bits per heavy atom. The normalized spacial score (nSPS) is 17.1. The fourth-order valence-corrected chi connectivity index (χ4v) is 2.44. The van der Waals surface area contributed by atoms with Gasteiger partial charge in [0.25, 0.3) is 0 Å². The number of hydrogen-bond acceptors (Lipinski definition) is 3. The van der Waals surface area contributed by atoms with Crippen LogP contribution in [0.5, 0.6) is 0 Å². The van der Waals surface area contributed by atoms with E-state index in [-0.39, 0.29) is 17.2 Å². The van der Waals surface area contributed by atoms with Crippen LogP contribution in [0.4, 0.5) is 4.79 Å². The summed E-state index contributed by atoms with van der Waals surface area (Å²) < 4.78 is 5.46. The average Bonchev–Trinajstić information content (AvgIpc) is 2.53. The second-order valence-corrected chi connectivity index (χ2v) is 5.80. The molecule has 0 aromatic heterocycles. The molecule has 6 heteroatoms. The highest BCUT2D eigenvalue weighted by Crippen LogP contribution is 2.24. The van der Waals surface area contributed by atoms with E-state index in [1.54, 1.807) is 24.1 Å². The fourth-order valence-electron chi connectivity index (χ4n) is 2.44. The molecule has 6 nitrogen and oxygen atoms in total. The number of carboxylic acids is 1. The third-order valence-electron chi connectivity index (χ3n) is 4.25. The topological polar surface area (TPSA) is 78.9 Å². The van der Waals surface area contributed by atoms with Gasteiger partial charge in [-0.1, -0.05) is 12.1 Å². The van der Waals surface area contributed by atoms with E-state index in [4.69, 9.17) is 9.84 Å². The van der Waals surface area contributed by atoms with E-state index in [2.05, 4.69) is 12.2 Å². The molecule has 0 radical (unpaired) electrons. The third kappa shape index (κ3) is 3.98. The van der Waals surface area contributed by atoms with Crippen molar-refractivity contribution in [1.29, 1.82) is 0 Å². The fraction of sp³-hybridized carbons (Fsp3) is 0.500. The molecule has 2 rings (SSSR count). The van der Waals surface area contributed by atoms with Crippen LogP contribution in [0.2, 0.25) is 0 Å². The largest absolute Gasteiger partial charge is 0.478 e. The number of rotatable bonds is 4. The molecular weight excluding hydrogens is 284 g/mol. The standard InChI is InChI=1S/C16H22N2O4/c1-16(22-2)7-9-18(10-8-16)15(21)17-11-12-3-5-13(6-4-12)14(19)20/h3-6H,7-11H2,1-2H3,(H,17,21)(H,19,20). The molecule has 2 amide bonds. The average molecular weight is 306 g/mol. The number of nitrogens with zero attached hydrogens (tertiary/aromatic N) is 1. The monoisotopic (exact) mass is 306 g/mol. The summed E-state index contributed by atoms with van der Waals surface area (Å²) in [5.74, 6) is -0.954.